The van der Waals surface area contributed by atoms with E-state index < -0.39 is 0 Å². The molecule has 182 valence electrons. The highest BCUT2D eigenvalue weighted by Crippen LogP contribution is 2.24. The standard InChI is InChI=1S/C27H38N6O/c34-26(20-22-8-4-3-5-9-22)32-18-12-24(13-19-32)33-17-11-23(21-33)29-27-28-14-10-25(30-27)31-15-6-1-2-7-16-31/h3-5,8-10,14,23-24H,1-2,6-7,11-13,15-21H2,(H,28,29,30). The van der Waals surface area contributed by atoms with Crippen molar-refractivity contribution >= 4 is 17.7 Å². The predicted octanol–water partition coefficient (Wildman–Crippen LogP) is 3.58. The van der Waals surface area contributed by atoms with Gasteiger partial charge in [-0.15, -0.1) is 0 Å². The Balaban J connectivity index is 1.09. The maximum Gasteiger partial charge on any atom is 0.226 e. The third-order valence-electron chi connectivity index (χ3n) is 7.66. The first-order valence-electron chi connectivity index (χ1n) is 13.1. The van der Waals surface area contributed by atoms with Gasteiger partial charge >= 0.3 is 0 Å². The van der Waals surface area contributed by atoms with Crippen molar-refractivity contribution in [3.05, 3.63) is 48.2 Å². The zero-order valence-corrected chi connectivity index (χ0v) is 20.2. The highest BCUT2D eigenvalue weighted by molar-refractivity contribution is 5.78. The molecule has 7 nitrogen and oxygen atoms in total. The molecule has 0 radical (unpaired) electrons. The highest BCUT2D eigenvalue weighted by Gasteiger charge is 2.32. The molecule has 2 aromatic rings. The van der Waals surface area contributed by atoms with Crippen LogP contribution in [0.25, 0.3) is 0 Å². The zero-order chi connectivity index (χ0) is 23.2. The molecular formula is C27H38N6O. The lowest BCUT2D eigenvalue weighted by atomic mass is 10.0. The molecule has 5 rings (SSSR count). The lowest BCUT2D eigenvalue weighted by Gasteiger charge is -2.37. The summed E-state index contributed by atoms with van der Waals surface area (Å²) in [4.78, 5) is 29.1. The van der Waals surface area contributed by atoms with Crippen LogP contribution >= 0.6 is 0 Å². The molecule has 0 saturated carbocycles. The highest BCUT2D eigenvalue weighted by atomic mass is 16.2. The average molecular weight is 463 g/mol. The number of hydrogen-bond donors (Lipinski definition) is 1. The van der Waals surface area contributed by atoms with E-state index in [4.69, 9.17) is 4.98 Å². The fourth-order valence-electron chi connectivity index (χ4n) is 5.68. The van der Waals surface area contributed by atoms with Crippen LogP contribution in [-0.2, 0) is 11.2 Å². The van der Waals surface area contributed by atoms with Crippen LogP contribution in [0, 0.1) is 0 Å². The number of hydrogen-bond acceptors (Lipinski definition) is 6. The zero-order valence-electron chi connectivity index (χ0n) is 20.2. The summed E-state index contributed by atoms with van der Waals surface area (Å²) in [6, 6.07) is 13.1. The van der Waals surface area contributed by atoms with Crippen LogP contribution in [0.2, 0.25) is 0 Å². The Bertz CT molecular complexity index is 922. The van der Waals surface area contributed by atoms with Gasteiger partial charge in [-0.05, 0) is 43.7 Å². The summed E-state index contributed by atoms with van der Waals surface area (Å²) in [6.45, 7) is 6.06. The number of amides is 1. The van der Waals surface area contributed by atoms with Gasteiger partial charge in [-0.3, -0.25) is 9.69 Å². The van der Waals surface area contributed by atoms with Gasteiger partial charge in [-0.25, -0.2) is 4.98 Å². The molecule has 3 aliphatic heterocycles. The second-order valence-electron chi connectivity index (χ2n) is 10.0. The van der Waals surface area contributed by atoms with E-state index in [1.54, 1.807) is 0 Å². The van der Waals surface area contributed by atoms with Gasteiger partial charge in [0, 0.05) is 57.5 Å². The molecule has 1 aromatic heterocycles. The quantitative estimate of drug-likeness (QED) is 0.708. The number of rotatable bonds is 6. The van der Waals surface area contributed by atoms with E-state index in [0.29, 0.717) is 18.5 Å². The molecule has 34 heavy (non-hydrogen) atoms. The minimum atomic E-state index is 0.257. The van der Waals surface area contributed by atoms with Crippen LogP contribution in [0.1, 0.15) is 50.5 Å². The van der Waals surface area contributed by atoms with Gasteiger partial charge in [0.2, 0.25) is 11.9 Å². The van der Waals surface area contributed by atoms with Crippen molar-refractivity contribution in [2.45, 2.75) is 63.5 Å². The number of nitrogens with zero attached hydrogens (tertiary/aromatic N) is 5. The van der Waals surface area contributed by atoms with Gasteiger partial charge in [0.15, 0.2) is 0 Å². The summed E-state index contributed by atoms with van der Waals surface area (Å²) < 4.78 is 0. The van der Waals surface area contributed by atoms with Crippen molar-refractivity contribution in [3.63, 3.8) is 0 Å². The molecule has 1 N–H and O–H groups in total. The SMILES string of the molecule is O=C(Cc1ccccc1)N1CCC(N2CCC(Nc3nccc(N4CCCCCC4)n3)C2)CC1. The molecule has 1 amide bonds. The molecule has 1 unspecified atom stereocenters. The topological polar surface area (TPSA) is 64.6 Å². The minimum Gasteiger partial charge on any atom is -0.356 e. The molecule has 0 spiro atoms. The van der Waals surface area contributed by atoms with Crippen molar-refractivity contribution < 1.29 is 4.79 Å². The average Bonchev–Trinajstić information content (AvgIpc) is 3.16. The Morgan fingerprint density at radius 3 is 2.44 bits per heavy atom. The molecule has 1 aromatic carbocycles. The molecule has 3 saturated heterocycles. The van der Waals surface area contributed by atoms with E-state index in [9.17, 15) is 4.79 Å². The van der Waals surface area contributed by atoms with Crippen molar-refractivity contribution in [2.24, 2.45) is 0 Å². The molecular weight excluding hydrogens is 424 g/mol. The van der Waals surface area contributed by atoms with Crippen molar-refractivity contribution in [1.29, 1.82) is 0 Å². The second kappa shape index (κ2) is 11.2. The number of anilines is 2. The number of piperidine rings is 1. The predicted molar refractivity (Wildman–Crippen MR) is 136 cm³/mol. The molecule has 0 aliphatic carbocycles. The Morgan fingerprint density at radius 1 is 0.912 bits per heavy atom. The molecule has 3 fully saturated rings. The van der Waals surface area contributed by atoms with Crippen molar-refractivity contribution in [3.8, 4) is 0 Å². The largest absolute Gasteiger partial charge is 0.356 e. The third kappa shape index (κ3) is 5.87. The molecule has 1 atom stereocenters. The first kappa shape index (κ1) is 23.1. The summed E-state index contributed by atoms with van der Waals surface area (Å²) >= 11 is 0. The van der Waals surface area contributed by atoms with E-state index >= 15 is 0 Å². The number of carbonyl (C=O) groups is 1. The maximum absolute atomic E-state index is 12.7. The monoisotopic (exact) mass is 462 g/mol. The molecule has 0 bridgehead atoms. The van der Waals surface area contributed by atoms with E-state index in [2.05, 4.69) is 25.0 Å². The summed E-state index contributed by atoms with van der Waals surface area (Å²) in [5.74, 6) is 2.07. The van der Waals surface area contributed by atoms with Crippen LogP contribution in [0.4, 0.5) is 11.8 Å². The van der Waals surface area contributed by atoms with E-state index in [-0.39, 0.29) is 5.91 Å². The lowest BCUT2D eigenvalue weighted by Crippen LogP contribution is -2.46. The normalized spacial score (nSPS) is 22.5. The number of benzene rings is 1. The number of carbonyl (C=O) groups excluding carboxylic acids is 1. The first-order valence-corrected chi connectivity index (χ1v) is 13.1. The second-order valence-corrected chi connectivity index (χ2v) is 10.0. The van der Waals surface area contributed by atoms with Crippen LogP contribution < -0.4 is 10.2 Å². The van der Waals surface area contributed by atoms with E-state index in [0.717, 1.165) is 75.9 Å². The Morgan fingerprint density at radius 2 is 1.68 bits per heavy atom. The maximum atomic E-state index is 12.7. The molecule has 4 heterocycles. The summed E-state index contributed by atoms with van der Waals surface area (Å²) in [6.07, 6.45) is 10.8. The Hall–Kier alpha value is -2.67. The van der Waals surface area contributed by atoms with Crippen LogP contribution in [0.3, 0.4) is 0 Å². The van der Waals surface area contributed by atoms with E-state index in [1.807, 2.05) is 42.6 Å². The number of nitrogens with one attached hydrogen (secondary N) is 1. The van der Waals surface area contributed by atoms with E-state index in [1.165, 1.54) is 25.7 Å². The Kier molecular flexibility index (Phi) is 7.59. The van der Waals surface area contributed by atoms with Crippen LogP contribution in [0.5, 0.6) is 0 Å². The number of likely N-dealkylation sites (tertiary alicyclic amines) is 2. The van der Waals surface area contributed by atoms with Crippen molar-refractivity contribution in [2.75, 3.05) is 49.5 Å². The van der Waals surface area contributed by atoms with Gasteiger partial charge in [0.25, 0.3) is 0 Å². The minimum absolute atomic E-state index is 0.257. The van der Waals surface area contributed by atoms with Gasteiger partial charge < -0.3 is 15.1 Å². The summed E-state index contributed by atoms with van der Waals surface area (Å²) in [7, 11) is 0. The van der Waals surface area contributed by atoms with Gasteiger partial charge in [-0.2, -0.15) is 4.98 Å². The first-order chi connectivity index (χ1) is 16.7. The van der Waals surface area contributed by atoms with Crippen LogP contribution in [0.15, 0.2) is 42.6 Å². The third-order valence-corrected chi connectivity index (χ3v) is 7.66. The fraction of sp³-hybridized carbons (Fsp3) is 0.593. The molecule has 7 heteroatoms. The van der Waals surface area contributed by atoms with Gasteiger partial charge in [0.05, 0.1) is 6.42 Å². The smallest absolute Gasteiger partial charge is 0.226 e. The summed E-state index contributed by atoms with van der Waals surface area (Å²) in [5.41, 5.74) is 1.10. The van der Waals surface area contributed by atoms with Gasteiger partial charge in [0.1, 0.15) is 5.82 Å². The van der Waals surface area contributed by atoms with Crippen LogP contribution in [-0.4, -0.2) is 77.0 Å². The number of aromatic nitrogens is 2. The lowest BCUT2D eigenvalue weighted by molar-refractivity contribution is -0.132. The van der Waals surface area contributed by atoms with Gasteiger partial charge in [-0.1, -0.05) is 43.2 Å². The summed E-state index contributed by atoms with van der Waals surface area (Å²) in [5, 5.41) is 3.60. The fourth-order valence-corrected chi connectivity index (χ4v) is 5.68. The molecule has 3 aliphatic rings. The van der Waals surface area contributed by atoms with Crippen molar-refractivity contribution in [1.82, 2.24) is 19.8 Å². The Labute approximate surface area is 203 Å².